The van der Waals surface area contributed by atoms with Crippen LogP contribution in [0.3, 0.4) is 0 Å². The molecule has 1 N–H and O–H groups in total. The summed E-state index contributed by atoms with van der Waals surface area (Å²) in [5.41, 5.74) is 2.68. The summed E-state index contributed by atoms with van der Waals surface area (Å²) in [5, 5.41) is 16.5. The number of fused-ring (bicyclic) bond motifs is 1. The Hall–Kier alpha value is -2.35. The first-order valence-corrected chi connectivity index (χ1v) is 11.9. The Kier molecular flexibility index (Phi) is 6.41. The lowest BCUT2D eigenvalue weighted by Gasteiger charge is -2.10. The van der Waals surface area contributed by atoms with Gasteiger partial charge in [-0.15, -0.1) is 21.5 Å². The molecule has 0 atom stereocenters. The van der Waals surface area contributed by atoms with Gasteiger partial charge in [-0.25, -0.2) is 0 Å². The highest BCUT2D eigenvalue weighted by Gasteiger charge is 2.18. The SMILES string of the molecule is CCCn1c(SCC(=O)Nc2cccc(Cl)c2C)nnc1-c1csc2ccccc12. The Balaban J connectivity index is 1.53. The quantitative estimate of drug-likeness (QED) is 0.333. The number of benzene rings is 2. The van der Waals surface area contributed by atoms with Gasteiger partial charge in [-0.2, -0.15) is 0 Å². The molecule has 2 aromatic carbocycles. The van der Waals surface area contributed by atoms with Gasteiger partial charge in [0, 0.05) is 38.3 Å². The van der Waals surface area contributed by atoms with Crippen LogP contribution in [-0.4, -0.2) is 26.4 Å². The van der Waals surface area contributed by atoms with E-state index in [0.29, 0.717) is 5.02 Å². The van der Waals surface area contributed by atoms with Crippen LogP contribution in [0, 0.1) is 6.92 Å². The zero-order chi connectivity index (χ0) is 21.1. The van der Waals surface area contributed by atoms with Gasteiger partial charge < -0.3 is 9.88 Å². The van der Waals surface area contributed by atoms with Crippen molar-refractivity contribution in [3.05, 3.63) is 58.4 Å². The monoisotopic (exact) mass is 456 g/mol. The van der Waals surface area contributed by atoms with Crippen LogP contribution in [-0.2, 0) is 11.3 Å². The molecule has 0 spiro atoms. The summed E-state index contributed by atoms with van der Waals surface area (Å²) in [6.45, 7) is 4.81. The average molecular weight is 457 g/mol. The highest BCUT2D eigenvalue weighted by Crippen LogP contribution is 2.34. The van der Waals surface area contributed by atoms with Crippen LogP contribution >= 0.6 is 34.7 Å². The largest absolute Gasteiger partial charge is 0.325 e. The molecule has 0 saturated heterocycles. The minimum atomic E-state index is -0.0982. The van der Waals surface area contributed by atoms with Crippen molar-refractivity contribution >= 4 is 56.4 Å². The molecule has 2 aromatic heterocycles. The number of anilines is 1. The number of hydrogen-bond acceptors (Lipinski definition) is 5. The summed E-state index contributed by atoms with van der Waals surface area (Å²) in [6.07, 6.45) is 0.953. The third kappa shape index (κ3) is 4.24. The Labute approximate surface area is 188 Å². The summed E-state index contributed by atoms with van der Waals surface area (Å²) in [7, 11) is 0. The lowest BCUT2D eigenvalue weighted by molar-refractivity contribution is -0.113. The van der Waals surface area contributed by atoms with Gasteiger partial charge in [-0.3, -0.25) is 4.79 Å². The molecule has 8 heteroatoms. The van der Waals surface area contributed by atoms with Crippen LogP contribution in [0.25, 0.3) is 21.5 Å². The van der Waals surface area contributed by atoms with Gasteiger partial charge >= 0.3 is 0 Å². The molecule has 0 fully saturated rings. The molecular weight excluding hydrogens is 436 g/mol. The van der Waals surface area contributed by atoms with Crippen molar-refractivity contribution in [1.82, 2.24) is 14.8 Å². The maximum Gasteiger partial charge on any atom is 0.234 e. The number of rotatable bonds is 7. The van der Waals surface area contributed by atoms with Gasteiger partial charge in [0.2, 0.25) is 5.91 Å². The number of nitrogens with zero attached hydrogens (tertiary/aromatic N) is 3. The standard InChI is InChI=1S/C22H21ClN4OS2/c1-3-11-27-21(16-12-29-19-10-5-4-7-15(16)19)25-26-22(27)30-13-20(28)24-18-9-6-8-17(23)14(18)2/h4-10,12H,3,11,13H2,1-2H3,(H,24,28). The Bertz CT molecular complexity index is 1200. The van der Waals surface area contributed by atoms with Crippen molar-refractivity contribution in [3.8, 4) is 11.4 Å². The topological polar surface area (TPSA) is 59.8 Å². The molecule has 0 radical (unpaired) electrons. The van der Waals surface area contributed by atoms with Crippen molar-refractivity contribution in [1.29, 1.82) is 0 Å². The molecule has 0 aliphatic heterocycles. The van der Waals surface area contributed by atoms with Crippen LogP contribution in [0.1, 0.15) is 18.9 Å². The average Bonchev–Trinajstić information content (AvgIpc) is 3.34. The maximum atomic E-state index is 12.5. The number of halogens is 1. The summed E-state index contributed by atoms with van der Waals surface area (Å²) < 4.78 is 3.33. The molecule has 30 heavy (non-hydrogen) atoms. The molecule has 0 aliphatic rings. The van der Waals surface area contributed by atoms with Crippen molar-refractivity contribution in [2.24, 2.45) is 0 Å². The normalized spacial score (nSPS) is 11.2. The second kappa shape index (κ2) is 9.20. The molecule has 0 aliphatic carbocycles. The molecule has 4 aromatic rings. The zero-order valence-electron chi connectivity index (χ0n) is 16.7. The molecule has 154 valence electrons. The van der Waals surface area contributed by atoms with Crippen molar-refractivity contribution < 1.29 is 4.79 Å². The van der Waals surface area contributed by atoms with Gasteiger partial charge in [0.25, 0.3) is 0 Å². The smallest absolute Gasteiger partial charge is 0.234 e. The summed E-state index contributed by atoms with van der Waals surface area (Å²) in [6, 6.07) is 13.8. The minimum absolute atomic E-state index is 0.0982. The second-order valence-corrected chi connectivity index (χ2v) is 9.11. The number of thiophene rings is 1. The Morgan fingerprint density at radius 1 is 1.20 bits per heavy atom. The molecule has 2 heterocycles. The fourth-order valence-electron chi connectivity index (χ4n) is 3.23. The number of hydrogen-bond donors (Lipinski definition) is 1. The predicted molar refractivity (Wildman–Crippen MR) is 127 cm³/mol. The number of aromatic nitrogens is 3. The summed E-state index contributed by atoms with van der Waals surface area (Å²) in [4.78, 5) is 12.5. The summed E-state index contributed by atoms with van der Waals surface area (Å²) in [5.74, 6) is 1.000. The van der Waals surface area contributed by atoms with Crippen molar-refractivity contribution in [2.45, 2.75) is 32.0 Å². The predicted octanol–water partition coefficient (Wildman–Crippen LogP) is 6.26. The molecular formula is C22H21ClN4OS2. The van der Waals surface area contributed by atoms with Gasteiger partial charge in [0.15, 0.2) is 11.0 Å². The van der Waals surface area contributed by atoms with E-state index in [4.69, 9.17) is 11.6 Å². The van der Waals surface area contributed by atoms with Crippen molar-refractivity contribution in [3.63, 3.8) is 0 Å². The van der Waals surface area contributed by atoms with Crippen LogP contribution in [0.15, 0.2) is 53.0 Å². The van der Waals surface area contributed by atoms with Gasteiger partial charge in [0.1, 0.15) is 0 Å². The van der Waals surface area contributed by atoms with E-state index in [1.54, 1.807) is 11.3 Å². The Morgan fingerprint density at radius 2 is 2.03 bits per heavy atom. The first kappa shape index (κ1) is 20.9. The lowest BCUT2D eigenvalue weighted by atomic mass is 10.1. The van der Waals surface area contributed by atoms with E-state index in [0.717, 1.165) is 40.8 Å². The number of carbonyl (C=O) groups is 1. The van der Waals surface area contributed by atoms with Gasteiger partial charge in [0.05, 0.1) is 5.75 Å². The van der Waals surface area contributed by atoms with Crippen LogP contribution in [0.5, 0.6) is 0 Å². The second-order valence-electron chi connectivity index (χ2n) is 6.85. The number of thioether (sulfide) groups is 1. The van der Waals surface area contributed by atoms with Crippen LogP contribution < -0.4 is 5.32 Å². The van der Waals surface area contributed by atoms with E-state index in [-0.39, 0.29) is 11.7 Å². The third-order valence-corrected chi connectivity index (χ3v) is 7.10. The molecule has 4 rings (SSSR count). The van der Waals surface area contributed by atoms with E-state index in [1.807, 2.05) is 37.3 Å². The molecule has 1 amide bonds. The maximum absolute atomic E-state index is 12.5. The number of amides is 1. The van der Waals surface area contributed by atoms with E-state index in [2.05, 4.69) is 44.5 Å². The third-order valence-electron chi connectivity index (χ3n) is 4.76. The highest BCUT2D eigenvalue weighted by molar-refractivity contribution is 7.99. The Morgan fingerprint density at radius 3 is 2.87 bits per heavy atom. The van der Waals surface area contributed by atoms with E-state index in [1.165, 1.54) is 21.8 Å². The van der Waals surface area contributed by atoms with Crippen LogP contribution in [0.4, 0.5) is 5.69 Å². The fraction of sp³-hybridized carbons (Fsp3) is 0.227. The molecule has 0 saturated carbocycles. The first-order chi connectivity index (χ1) is 14.6. The van der Waals surface area contributed by atoms with Crippen LogP contribution in [0.2, 0.25) is 5.02 Å². The van der Waals surface area contributed by atoms with Crippen molar-refractivity contribution in [2.75, 3.05) is 11.1 Å². The zero-order valence-corrected chi connectivity index (χ0v) is 19.1. The van der Waals surface area contributed by atoms with Gasteiger partial charge in [-0.05, 0) is 37.1 Å². The van der Waals surface area contributed by atoms with E-state index in [9.17, 15) is 4.79 Å². The lowest BCUT2D eigenvalue weighted by Crippen LogP contribution is -2.15. The molecule has 0 bridgehead atoms. The van der Waals surface area contributed by atoms with E-state index >= 15 is 0 Å². The molecule has 0 unspecified atom stereocenters. The highest BCUT2D eigenvalue weighted by atomic mass is 35.5. The molecule has 5 nitrogen and oxygen atoms in total. The first-order valence-electron chi connectivity index (χ1n) is 9.66. The van der Waals surface area contributed by atoms with E-state index < -0.39 is 0 Å². The van der Waals surface area contributed by atoms with Gasteiger partial charge in [-0.1, -0.05) is 54.6 Å². The summed E-state index contributed by atoms with van der Waals surface area (Å²) >= 11 is 9.24. The number of nitrogens with one attached hydrogen (secondary N) is 1. The minimum Gasteiger partial charge on any atom is -0.325 e. The number of carbonyl (C=O) groups excluding carboxylic acids is 1. The fourth-order valence-corrected chi connectivity index (χ4v) is 5.11.